The molecular formula is C10H21N3O3S. The molecule has 1 N–H and O–H groups in total. The normalized spacial score (nSPS) is 19.2. The van der Waals surface area contributed by atoms with E-state index in [2.05, 4.69) is 5.32 Å². The maximum atomic E-state index is 12.0. The van der Waals surface area contributed by atoms with Gasteiger partial charge in [0.2, 0.25) is 10.0 Å². The van der Waals surface area contributed by atoms with Gasteiger partial charge in [-0.1, -0.05) is 0 Å². The largest absolute Gasteiger partial charge is 0.341 e. The molecule has 0 unspecified atom stereocenters. The molecule has 100 valence electrons. The van der Waals surface area contributed by atoms with Crippen molar-refractivity contribution >= 4 is 16.1 Å². The molecule has 1 fully saturated rings. The van der Waals surface area contributed by atoms with Crippen molar-refractivity contribution in [3.63, 3.8) is 0 Å². The van der Waals surface area contributed by atoms with E-state index in [1.807, 2.05) is 0 Å². The van der Waals surface area contributed by atoms with E-state index in [1.165, 1.54) is 4.31 Å². The summed E-state index contributed by atoms with van der Waals surface area (Å²) in [6.07, 6.45) is 0.680. The van der Waals surface area contributed by atoms with Crippen LogP contribution in [0.1, 0.15) is 20.3 Å². The summed E-state index contributed by atoms with van der Waals surface area (Å²) in [6, 6.07) is -0.145. The summed E-state index contributed by atoms with van der Waals surface area (Å²) < 4.78 is 25.5. The zero-order chi connectivity index (χ0) is 13.1. The Balaban J connectivity index is 2.69. The van der Waals surface area contributed by atoms with Gasteiger partial charge in [-0.25, -0.2) is 13.2 Å². The maximum Gasteiger partial charge on any atom is 0.317 e. The van der Waals surface area contributed by atoms with Crippen LogP contribution < -0.4 is 5.32 Å². The van der Waals surface area contributed by atoms with Crippen LogP contribution in [0.4, 0.5) is 4.79 Å². The first kappa shape index (κ1) is 14.2. The van der Waals surface area contributed by atoms with Crippen molar-refractivity contribution in [3.8, 4) is 0 Å². The minimum absolute atomic E-state index is 0.145. The van der Waals surface area contributed by atoms with E-state index in [9.17, 15) is 13.2 Å². The second-order valence-corrected chi connectivity index (χ2v) is 6.88. The number of carbonyl (C=O) groups excluding carboxylic acids is 1. The molecule has 0 aromatic rings. The zero-order valence-corrected chi connectivity index (χ0v) is 11.5. The predicted octanol–water partition coefficient (Wildman–Crippen LogP) is 0.0717. The third-order valence-corrected chi connectivity index (χ3v) is 5.19. The lowest BCUT2D eigenvalue weighted by molar-refractivity contribution is 0.202. The van der Waals surface area contributed by atoms with Gasteiger partial charge in [-0.3, -0.25) is 0 Å². The molecule has 0 radical (unpaired) electrons. The highest BCUT2D eigenvalue weighted by Gasteiger charge is 2.28. The molecule has 1 saturated heterocycles. The molecule has 0 atom stereocenters. The molecule has 17 heavy (non-hydrogen) atoms. The molecule has 0 spiro atoms. The molecule has 1 heterocycles. The molecule has 0 saturated carbocycles. The van der Waals surface area contributed by atoms with Crippen LogP contribution in [0.2, 0.25) is 0 Å². The van der Waals surface area contributed by atoms with E-state index in [0.29, 0.717) is 32.6 Å². The molecule has 7 heteroatoms. The monoisotopic (exact) mass is 263 g/mol. The van der Waals surface area contributed by atoms with E-state index in [0.717, 1.165) is 0 Å². The smallest absolute Gasteiger partial charge is 0.317 e. The predicted molar refractivity (Wildman–Crippen MR) is 66.3 cm³/mol. The van der Waals surface area contributed by atoms with Crippen molar-refractivity contribution in [2.75, 3.05) is 33.2 Å². The van der Waals surface area contributed by atoms with Crippen molar-refractivity contribution in [1.82, 2.24) is 14.5 Å². The standard InChI is InChI=1S/C10H21N3O3S/c1-9(2)17(15,16)13-6-4-5-12(7-8-13)10(14)11-3/h9H,4-8H2,1-3H3,(H,11,14). The molecule has 2 amide bonds. The number of hydrogen-bond acceptors (Lipinski definition) is 3. The van der Waals surface area contributed by atoms with Gasteiger partial charge < -0.3 is 10.2 Å². The Morgan fingerprint density at radius 2 is 1.82 bits per heavy atom. The molecule has 1 aliphatic heterocycles. The number of amides is 2. The van der Waals surface area contributed by atoms with Gasteiger partial charge in [0, 0.05) is 33.2 Å². The molecule has 0 aromatic heterocycles. The lowest BCUT2D eigenvalue weighted by atomic mass is 10.4. The number of nitrogens with one attached hydrogen (secondary N) is 1. The first-order chi connectivity index (χ1) is 7.89. The van der Waals surface area contributed by atoms with Crippen LogP contribution in [0.3, 0.4) is 0 Å². The highest BCUT2D eigenvalue weighted by atomic mass is 32.2. The van der Waals surface area contributed by atoms with Crippen molar-refractivity contribution in [3.05, 3.63) is 0 Å². The molecule has 1 rings (SSSR count). The number of rotatable bonds is 2. The van der Waals surface area contributed by atoms with Crippen LogP contribution in [0.5, 0.6) is 0 Å². The Bertz CT molecular complexity index is 367. The Labute approximate surface area is 103 Å². The van der Waals surface area contributed by atoms with Gasteiger partial charge in [0.05, 0.1) is 5.25 Å². The van der Waals surface area contributed by atoms with Crippen LogP contribution in [-0.4, -0.2) is 62.1 Å². The van der Waals surface area contributed by atoms with Crippen LogP contribution in [-0.2, 0) is 10.0 Å². The van der Waals surface area contributed by atoms with Crippen molar-refractivity contribution in [2.24, 2.45) is 0 Å². The molecule has 0 aliphatic carbocycles. The molecule has 0 aromatic carbocycles. The lowest BCUT2D eigenvalue weighted by Gasteiger charge is -2.23. The van der Waals surface area contributed by atoms with Crippen LogP contribution in [0.15, 0.2) is 0 Å². The molecule has 1 aliphatic rings. The Kier molecular flexibility index (Phi) is 4.76. The summed E-state index contributed by atoms with van der Waals surface area (Å²) >= 11 is 0. The molecule has 0 bridgehead atoms. The Morgan fingerprint density at radius 3 is 2.35 bits per heavy atom. The van der Waals surface area contributed by atoms with E-state index < -0.39 is 15.3 Å². The van der Waals surface area contributed by atoms with Gasteiger partial charge in [-0.2, -0.15) is 4.31 Å². The quantitative estimate of drug-likeness (QED) is 0.766. The zero-order valence-electron chi connectivity index (χ0n) is 10.6. The summed E-state index contributed by atoms with van der Waals surface area (Å²) in [5, 5.41) is 2.15. The first-order valence-electron chi connectivity index (χ1n) is 5.85. The lowest BCUT2D eigenvalue weighted by Crippen LogP contribution is -2.42. The van der Waals surface area contributed by atoms with Gasteiger partial charge >= 0.3 is 6.03 Å². The third kappa shape index (κ3) is 3.32. The van der Waals surface area contributed by atoms with Gasteiger partial charge in [0.1, 0.15) is 0 Å². The summed E-state index contributed by atoms with van der Waals surface area (Å²) in [6.45, 7) is 5.28. The minimum Gasteiger partial charge on any atom is -0.341 e. The van der Waals surface area contributed by atoms with Crippen molar-refractivity contribution < 1.29 is 13.2 Å². The van der Waals surface area contributed by atoms with Gasteiger partial charge in [0.25, 0.3) is 0 Å². The van der Waals surface area contributed by atoms with Crippen molar-refractivity contribution in [1.29, 1.82) is 0 Å². The molecular weight excluding hydrogens is 242 g/mol. The Hall–Kier alpha value is -0.820. The average Bonchev–Trinajstić information content (AvgIpc) is 2.53. The first-order valence-corrected chi connectivity index (χ1v) is 7.35. The number of nitrogens with zero attached hydrogens (tertiary/aromatic N) is 2. The fraction of sp³-hybridized carbons (Fsp3) is 0.900. The second kappa shape index (κ2) is 5.68. The average molecular weight is 263 g/mol. The van der Waals surface area contributed by atoms with Crippen molar-refractivity contribution in [2.45, 2.75) is 25.5 Å². The minimum atomic E-state index is -3.20. The summed E-state index contributed by atoms with van der Waals surface area (Å²) in [4.78, 5) is 13.1. The van der Waals surface area contributed by atoms with Gasteiger partial charge in [0.15, 0.2) is 0 Å². The second-order valence-electron chi connectivity index (χ2n) is 4.39. The van der Waals surface area contributed by atoms with E-state index in [-0.39, 0.29) is 6.03 Å². The Morgan fingerprint density at radius 1 is 1.18 bits per heavy atom. The van der Waals surface area contributed by atoms with Crippen LogP contribution in [0.25, 0.3) is 0 Å². The van der Waals surface area contributed by atoms with E-state index in [4.69, 9.17) is 0 Å². The maximum absolute atomic E-state index is 12.0. The molecule has 6 nitrogen and oxygen atoms in total. The fourth-order valence-corrected chi connectivity index (χ4v) is 3.12. The number of sulfonamides is 1. The number of hydrogen-bond donors (Lipinski definition) is 1. The summed E-state index contributed by atoms with van der Waals surface area (Å²) in [5.74, 6) is 0. The highest BCUT2D eigenvalue weighted by Crippen LogP contribution is 2.12. The van der Waals surface area contributed by atoms with E-state index in [1.54, 1.807) is 25.8 Å². The van der Waals surface area contributed by atoms with Gasteiger partial charge in [-0.05, 0) is 20.3 Å². The fourth-order valence-electron chi connectivity index (χ4n) is 1.81. The van der Waals surface area contributed by atoms with Gasteiger partial charge in [-0.15, -0.1) is 0 Å². The summed E-state index contributed by atoms with van der Waals surface area (Å²) in [7, 11) is -1.62. The van der Waals surface area contributed by atoms with Crippen LogP contribution in [0, 0.1) is 0 Å². The highest BCUT2D eigenvalue weighted by molar-refractivity contribution is 7.89. The van der Waals surface area contributed by atoms with E-state index >= 15 is 0 Å². The van der Waals surface area contributed by atoms with Crippen LogP contribution >= 0.6 is 0 Å². The summed E-state index contributed by atoms with van der Waals surface area (Å²) in [5.41, 5.74) is 0. The number of carbonyl (C=O) groups is 1. The topological polar surface area (TPSA) is 69.7 Å². The SMILES string of the molecule is CNC(=O)N1CCCN(S(=O)(=O)C(C)C)CC1. The number of urea groups is 1. The third-order valence-electron chi connectivity index (χ3n) is 2.91.